The maximum Gasteiger partial charge on any atom is 0.420 e. The highest BCUT2D eigenvalue weighted by Gasteiger charge is 2.51. The van der Waals surface area contributed by atoms with E-state index in [1.54, 1.807) is 16.8 Å². The lowest BCUT2D eigenvalue weighted by atomic mass is 9.79. The van der Waals surface area contributed by atoms with Crippen LogP contribution in [0.2, 0.25) is 0 Å². The van der Waals surface area contributed by atoms with Gasteiger partial charge in [-0.05, 0) is 60.4 Å². The second kappa shape index (κ2) is 6.30. The molecule has 4 heterocycles. The van der Waals surface area contributed by atoms with E-state index in [2.05, 4.69) is 22.4 Å². The zero-order valence-electron chi connectivity index (χ0n) is 17.4. The molecular weight excluding hydrogens is 416 g/mol. The molecule has 1 unspecified atom stereocenters. The van der Waals surface area contributed by atoms with E-state index in [9.17, 15) is 9.59 Å². The zero-order valence-corrected chi connectivity index (χ0v) is 17.4. The van der Waals surface area contributed by atoms with Gasteiger partial charge in [0.1, 0.15) is 11.5 Å². The molecule has 1 atom stereocenters. The molecule has 33 heavy (non-hydrogen) atoms. The summed E-state index contributed by atoms with van der Waals surface area (Å²) in [4.78, 5) is 34.4. The number of rotatable bonds is 2. The summed E-state index contributed by atoms with van der Waals surface area (Å²) in [5, 5.41) is 3.78. The summed E-state index contributed by atoms with van der Waals surface area (Å²) >= 11 is 0. The smallest absolute Gasteiger partial charge is 0.408 e. The number of carbonyl (C=O) groups excluding carboxylic acids is 1. The van der Waals surface area contributed by atoms with Crippen molar-refractivity contribution in [1.29, 1.82) is 0 Å². The molecule has 7 heteroatoms. The molecule has 1 aliphatic heterocycles. The molecule has 1 spiro atoms. The van der Waals surface area contributed by atoms with Crippen molar-refractivity contribution >= 4 is 33.7 Å². The van der Waals surface area contributed by atoms with Crippen LogP contribution in [0.3, 0.4) is 0 Å². The largest absolute Gasteiger partial charge is 0.420 e. The molecule has 158 valence electrons. The fourth-order valence-corrected chi connectivity index (χ4v) is 5.20. The van der Waals surface area contributed by atoms with Crippen LogP contribution in [0.25, 0.3) is 22.0 Å². The van der Waals surface area contributed by atoms with Crippen LogP contribution in [-0.4, -0.2) is 20.4 Å². The van der Waals surface area contributed by atoms with Gasteiger partial charge in [0.2, 0.25) is 5.91 Å². The van der Waals surface area contributed by atoms with Crippen LogP contribution in [0.15, 0.2) is 63.9 Å². The number of anilines is 1. The first kappa shape index (κ1) is 18.2. The number of carbonyl (C=O) groups is 1. The molecule has 1 amide bonds. The number of hydrogen-bond acceptors (Lipinski definition) is 5. The Morgan fingerprint density at radius 3 is 2.82 bits per heavy atom. The van der Waals surface area contributed by atoms with Crippen molar-refractivity contribution < 1.29 is 9.21 Å². The third-order valence-corrected chi connectivity index (χ3v) is 6.77. The molecule has 0 bridgehead atoms. The summed E-state index contributed by atoms with van der Waals surface area (Å²) in [6.45, 7) is 0.241. The van der Waals surface area contributed by atoms with E-state index in [0.717, 1.165) is 27.6 Å². The van der Waals surface area contributed by atoms with E-state index in [1.165, 1.54) is 0 Å². The quantitative estimate of drug-likeness (QED) is 0.463. The van der Waals surface area contributed by atoms with Gasteiger partial charge in [0.15, 0.2) is 5.58 Å². The van der Waals surface area contributed by atoms with Crippen LogP contribution >= 0.6 is 0 Å². The summed E-state index contributed by atoms with van der Waals surface area (Å²) < 4.78 is 6.87. The van der Waals surface area contributed by atoms with Crippen LogP contribution in [0, 0.1) is 12.1 Å². The van der Waals surface area contributed by atoms with Gasteiger partial charge in [0.05, 0.1) is 28.4 Å². The first-order chi connectivity index (χ1) is 16.1. The lowest BCUT2D eigenvalue weighted by molar-refractivity contribution is -0.120. The topological polar surface area (TPSA) is 90.0 Å². The number of aromatic nitrogens is 3. The molecule has 5 aromatic rings. The monoisotopic (exact) mass is 432 g/mol. The Morgan fingerprint density at radius 2 is 1.91 bits per heavy atom. The first-order valence-corrected chi connectivity index (χ1v) is 10.7. The van der Waals surface area contributed by atoms with Crippen LogP contribution in [0.5, 0.6) is 0 Å². The van der Waals surface area contributed by atoms with Crippen molar-refractivity contribution in [3.8, 4) is 0 Å². The summed E-state index contributed by atoms with van der Waals surface area (Å²) in [5.74, 6) is 0.215. The van der Waals surface area contributed by atoms with E-state index in [-0.39, 0.29) is 12.5 Å². The number of pyridine rings is 1. The predicted molar refractivity (Wildman–Crippen MR) is 121 cm³/mol. The third kappa shape index (κ3) is 2.52. The number of benzene rings is 2. The first-order valence-electron chi connectivity index (χ1n) is 10.7. The van der Waals surface area contributed by atoms with E-state index < -0.39 is 11.2 Å². The van der Waals surface area contributed by atoms with Gasteiger partial charge < -0.3 is 9.73 Å². The van der Waals surface area contributed by atoms with Crippen LogP contribution in [-0.2, 0) is 29.6 Å². The minimum Gasteiger partial charge on any atom is -0.408 e. The van der Waals surface area contributed by atoms with Crippen LogP contribution in [0.4, 0.5) is 5.82 Å². The molecular formula is C26H16N4O3. The van der Waals surface area contributed by atoms with Crippen LogP contribution < -0.4 is 11.1 Å². The Bertz CT molecular complexity index is 1680. The Labute approximate surface area is 187 Å². The Balaban J connectivity index is 1.28. The summed E-state index contributed by atoms with van der Waals surface area (Å²) in [7, 11) is 0. The Hall–Kier alpha value is -4.44. The summed E-state index contributed by atoms with van der Waals surface area (Å²) in [6.07, 6.45) is 2.92. The fourth-order valence-electron chi connectivity index (χ4n) is 5.20. The number of oxazole rings is 1. The molecule has 2 aliphatic rings. The number of fused-ring (bicyclic) bond motifs is 5. The second-order valence-corrected chi connectivity index (χ2v) is 8.66. The average molecular weight is 432 g/mol. The van der Waals surface area contributed by atoms with E-state index in [1.807, 2.05) is 42.5 Å². The van der Waals surface area contributed by atoms with Crippen molar-refractivity contribution in [2.24, 2.45) is 0 Å². The minimum atomic E-state index is -0.626. The molecule has 7 rings (SSSR count). The predicted octanol–water partition coefficient (Wildman–Crippen LogP) is 3.18. The number of nitrogens with zero attached hydrogens (tertiary/aromatic N) is 3. The minimum absolute atomic E-state index is 0.00754. The number of hydrogen-bond donors (Lipinski definition) is 1. The fraction of sp³-hybridized carbons (Fsp3) is 0.154. The summed E-state index contributed by atoms with van der Waals surface area (Å²) in [5.41, 5.74) is 5.16. The lowest BCUT2D eigenvalue weighted by Crippen LogP contribution is -2.35. The number of para-hydroxylation sites is 2. The molecule has 1 aliphatic carbocycles. The van der Waals surface area contributed by atoms with Crippen molar-refractivity contribution in [2.75, 3.05) is 5.32 Å². The zero-order chi connectivity index (χ0) is 22.2. The summed E-state index contributed by atoms with van der Waals surface area (Å²) in [6, 6.07) is 21.5. The Kier molecular flexibility index (Phi) is 3.47. The Morgan fingerprint density at radius 1 is 1.06 bits per heavy atom. The lowest BCUT2D eigenvalue weighted by Gasteiger charge is -2.20. The highest BCUT2D eigenvalue weighted by molar-refractivity contribution is 6.06. The average Bonchev–Trinajstić information content (AvgIpc) is 3.44. The van der Waals surface area contributed by atoms with Gasteiger partial charge in [-0.1, -0.05) is 24.3 Å². The van der Waals surface area contributed by atoms with E-state index in [4.69, 9.17) is 9.40 Å². The highest BCUT2D eigenvalue weighted by atomic mass is 16.4. The van der Waals surface area contributed by atoms with Gasteiger partial charge in [-0.25, -0.2) is 14.8 Å². The van der Waals surface area contributed by atoms with Gasteiger partial charge in [0, 0.05) is 11.8 Å². The maximum atomic E-state index is 13.0. The highest BCUT2D eigenvalue weighted by Crippen LogP contribution is 2.47. The standard InChI is InChI=1S/C26H16N4O3/c31-24-26(19-4-3-9-27-23(19)29-24)12-16-10-15-7-8-18(28-20(15)11-17(16)13-26)14-30-21-5-1-2-6-22(21)33-25(30)32/h1-6,9-11H,12-14H2,(H,27,29,31). The van der Waals surface area contributed by atoms with Gasteiger partial charge in [0.25, 0.3) is 0 Å². The normalized spacial score (nSPS) is 18.5. The third-order valence-electron chi connectivity index (χ3n) is 6.77. The molecule has 0 saturated carbocycles. The van der Waals surface area contributed by atoms with Crippen molar-refractivity contribution in [2.45, 2.75) is 24.8 Å². The second-order valence-electron chi connectivity index (χ2n) is 8.66. The van der Waals surface area contributed by atoms with E-state index >= 15 is 0 Å². The van der Waals surface area contributed by atoms with Crippen molar-refractivity contribution in [3.05, 3.63) is 99.8 Å². The van der Waals surface area contributed by atoms with Gasteiger partial charge >= 0.3 is 5.76 Å². The van der Waals surface area contributed by atoms with Gasteiger partial charge in [-0.15, -0.1) is 0 Å². The molecule has 0 fully saturated rings. The van der Waals surface area contributed by atoms with Gasteiger partial charge in [-0.3, -0.25) is 9.36 Å². The number of nitrogens with one attached hydrogen (secondary N) is 1. The molecule has 7 nitrogen and oxygen atoms in total. The molecule has 2 aromatic carbocycles. The molecule has 0 radical (unpaired) electrons. The SMILES string of the molecule is O=C1Nc2ncccc2C12Cc1cc3c#cc(Cn4c(=O)oc5ccccc54)nc3cc1C2. The van der Waals surface area contributed by atoms with Gasteiger partial charge in [-0.2, -0.15) is 0 Å². The van der Waals surface area contributed by atoms with Crippen molar-refractivity contribution in [1.82, 2.24) is 14.5 Å². The van der Waals surface area contributed by atoms with Crippen molar-refractivity contribution in [3.63, 3.8) is 0 Å². The molecule has 1 N–H and O–H groups in total. The van der Waals surface area contributed by atoms with E-state index in [0.29, 0.717) is 35.5 Å². The van der Waals surface area contributed by atoms with Crippen LogP contribution in [0.1, 0.15) is 22.4 Å². The molecule has 3 aromatic heterocycles. The molecule has 0 saturated heterocycles. The maximum absolute atomic E-state index is 13.0. The number of amides is 1.